The molecular formula is C23H21FN2O2. The van der Waals surface area contributed by atoms with Gasteiger partial charge in [0.05, 0.1) is 11.2 Å². The zero-order valence-electron chi connectivity index (χ0n) is 15.9. The summed E-state index contributed by atoms with van der Waals surface area (Å²) in [7, 11) is 0. The van der Waals surface area contributed by atoms with Gasteiger partial charge in [0.2, 0.25) is 0 Å². The fourth-order valence-corrected chi connectivity index (χ4v) is 2.66. The number of anilines is 1. The van der Waals surface area contributed by atoms with Crippen molar-refractivity contribution in [3.05, 3.63) is 65.6 Å². The van der Waals surface area contributed by atoms with Crippen LogP contribution in [0.5, 0.6) is 5.75 Å². The van der Waals surface area contributed by atoms with E-state index in [1.165, 1.54) is 12.1 Å². The van der Waals surface area contributed by atoms with Crippen LogP contribution in [0.3, 0.4) is 0 Å². The molecule has 3 rings (SSSR count). The molecule has 0 bridgehead atoms. The second-order valence-electron chi connectivity index (χ2n) is 6.32. The first-order chi connectivity index (χ1) is 13.6. The van der Waals surface area contributed by atoms with E-state index in [0.717, 1.165) is 29.4 Å². The zero-order chi connectivity index (χ0) is 19.9. The minimum atomic E-state index is -0.619. The number of unbranched alkanes of at least 4 members (excludes halogenated alkanes) is 1. The second kappa shape index (κ2) is 9.01. The summed E-state index contributed by atoms with van der Waals surface area (Å²) in [6.45, 7) is 4.05. The van der Waals surface area contributed by atoms with Crippen LogP contribution in [0.25, 0.3) is 10.9 Å². The van der Waals surface area contributed by atoms with E-state index in [0.29, 0.717) is 5.56 Å². The number of halogens is 1. The Labute approximate surface area is 163 Å². The van der Waals surface area contributed by atoms with E-state index in [4.69, 9.17) is 4.74 Å². The number of amides is 1. The molecule has 2 aromatic carbocycles. The predicted molar refractivity (Wildman–Crippen MR) is 109 cm³/mol. The Balaban J connectivity index is 1.74. The quantitative estimate of drug-likeness (QED) is 0.629. The van der Waals surface area contributed by atoms with Crippen LogP contribution in [0.15, 0.2) is 48.5 Å². The maximum Gasteiger partial charge on any atom is 0.255 e. The number of nitrogens with one attached hydrogen (secondary N) is 1. The molecule has 0 aliphatic carbocycles. The number of rotatable bonds is 5. The lowest BCUT2D eigenvalue weighted by molar-refractivity contribution is 0.102. The highest BCUT2D eigenvalue weighted by molar-refractivity contribution is 6.06. The summed E-state index contributed by atoms with van der Waals surface area (Å²) >= 11 is 0. The minimum absolute atomic E-state index is 0.0572. The number of benzene rings is 2. The molecule has 4 nitrogen and oxygen atoms in total. The average Bonchev–Trinajstić information content (AvgIpc) is 2.70. The van der Waals surface area contributed by atoms with Crippen LogP contribution in [-0.4, -0.2) is 17.5 Å². The molecule has 142 valence electrons. The third-order valence-corrected chi connectivity index (χ3v) is 4.10. The van der Waals surface area contributed by atoms with Gasteiger partial charge in [0.1, 0.15) is 6.61 Å². The van der Waals surface area contributed by atoms with Gasteiger partial charge in [-0.15, -0.1) is 0 Å². The standard InChI is InChI=1S/C23H21FN2O2/c1-3-4-5-6-14-28-21-9-7-8-20(22(21)24)26-23(27)18-12-13-19-17(15-18)11-10-16(2)25-19/h7-13,15H,3-4,14H2,1-2H3,(H,26,27). The predicted octanol–water partition coefficient (Wildman–Crippen LogP) is 5.12. The summed E-state index contributed by atoms with van der Waals surface area (Å²) in [5.41, 5.74) is 2.20. The van der Waals surface area contributed by atoms with Crippen molar-refractivity contribution in [2.24, 2.45) is 0 Å². The lowest BCUT2D eigenvalue weighted by Gasteiger charge is -2.10. The van der Waals surface area contributed by atoms with Gasteiger partial charge < -0.3 is 10.1 Å². The van der Waals surface area contributed by atoms with Gasteiger partial charge in [-0.1, -0.05) is 30.9 Å². The molecule has 0 atom stereocenters. The normalized spacial score (nSPS) is 10.2. The third-order valence-electron chi connectivity index (χ3n) is 4.10. The van der Waals surface area contributed by atoms with E-state index in [1.807, 2.05) is 26.0 Å². The van der Waals surface area contributed by atoms with Crippen molar-refractivity contribution in [1.29, 1.82) is 0 Å². The average molecular weight is 376 g/mol. The van der Waals surface area contributed by atoms with Crippen molar-refractivity contribution in [3.63, 3.8) is 0 Å². The lowest BCUT2D eigenvalue weighted by atomic mass is 10.1. The summed E-state index contributed by atoms with van der Waals surface area (Å²) in [6.07, 6.45) is 1.75. The Morgan fingerprint density at radius 2 is 2.04 bits per heavy atom. The Morgan fingerprint density at radius 1 is 1.18 bits per heavy atom. The smallest absolute Gasteiger partial charge is 0.255 e. The summed E-state index contributed by atoms with van der Waals surface area (Å²) < 4.78 is 20.0. The highest BCUT2D eigenvalue weighted by Crippen LogP contribution is 2.25. The molecule has 28 heavy (non-hydrogen) atoms. The number of aromatic nitrogens is 1. The number of fused-ring (bicyclic) bond motifs is 1. The highest BCUT2D eigenvalue weighted by atomic mass is 19.1. The van der Waals surface area contributed by atoms with E-state index in [-0.39, 0.29) is 18.0 Å². The number of hydrogen-bond acceptors (Lipinski definition) is 3. The van der Waals surface area contributed by atoms with Crippen LogP contribution in [0.1, 0.15) is 35.8 Å². The SMILES string of the molecule is CCCC#CCOc1cccc(NC(=O)c2ccc3nc(C)ccc3c2)c1F. The largest absolute Gasteiger partial charge is 0.478 e. The lowest BCUT2D eigenvalue weighted by Crippen LogP contribution is -2.13. The molecule has 0 aliphatic heterocycles. The van der Waals surface area contributed by atoms with E-state index < -0.39 is 11.7 Å². The molecule has 1 N–H and O–H groups in total. The maximum atomic E-state index is 14.6. The van der Waals surface area contributed by atoms with Crippen LogP contribution in [0.4, 0.5) is 10.1 Å². The number of carbonyl (C=O) groups excluding carboxylic acids is 1. The molecule has 1 amide bonds. The van der Waals surface area contributed by atoms with Crippen LogP contribution in [0.2, 0.25) is 0 Å². The molecule has 0 unspecified atom stereocenters. The van der Waals surface area contributed by atoms with Crippen LogP contribution in [0, 0.1) is 24.6 Å². The number of pyridine rings is 1. The number of hydrogen-bond donors (Lipinski definition) is 1. The van der Waals surface area contributed by atoms with Crippen molar-refractivity contribution in [2.45, 2.75) is 26.7 Å². The van der Waals surface area contributed by atoms with Gasteiger partial charge in [0, 0.05) is 23.1 Å². The molecular weight excluding hydrogens is 355 g/mol. The van der Waals surface area contributed by atoms with Gasteiger partial charge in [0.15, 0.2) is 11.6 Å². The van der Waals surface area contributed by atoms with E-state index in [1.54, 1.807) is 24.3 Å². The first-order valence-electron chi connectivity index (χ1n) is 9.14. The van der Waals surface area contributed by atoms with Gasteiger partial charge in [0.25, 0.3) is 5.91 Å². The Bertz CT molecular complexity index is 1070. The number of carbonyl (C=O) groups is 1. The summed E-state index contributed by atoms with van der Waals surface area (Å²) in [4.78, 5) is 17.0. The Hall–Kier alpha value is -3.39. The first kappa shape index (κ1) is 19.4. The summed E-state index contributed by atoms with van der Waals surface area (Å²) in [5.74, 6) is 4.81. The van der Waals surface area contributed by atoms with Gasteiger partial charge in [-0.2, -0.15) is 0 Å². The van der Waals surface area contributed by atoms with Gasteiger partial charge in [-0.3, -0.25) is 9.78 Å². The molecule has 5 heteroatoms. The maximum absolute atomic E-state index is 14.6. The molecule has 0 fully saturated rings. The molecule has 0 aliphatic rings. The monoisotopic (exact) mass is 376 g/mol. The van der Waals surface area contributed by atoms with Crippen LogP contribution >= 0.6 is 0 Å². The molecule has 0 spiro atoms. The number of nitrogens with zero attached hydrogens (tertiary/aromatic N) is 1. The Morgan fingerprint density at radius 3 is 2.86 bits per heavy atom. The first-order valence-corrected chi connectivity index (χ1v) is 9.14. The fraction of sp³-hybridized carbons (Fsp3) is 0.217. The molecule has 0 saturated heterocycles. The molecule has 3 aromatic rings. The number of ether oxygens (including phenoxy) is 1. The van der Waals surface area contributed by atoms with Crippen molar-refractivity contribution < 1.29 is 13.9 Å². The van der Waals surface area contributed by atoms with Gasteiger partial charge in [-0.05, 0) is 49.7 Å². The molecule has 1 aromatic heterocycles. The topological polar surface area (TPSA) is 51.2 Å². The van der Waals surface area contributed by atoms with E-state index >= 15 is 0 Å². The van der Waals surface area contributed by atoms with Crippen molar-refractivity contribution >= 4 is 22.5 Å². The molecule has 0 saturated carbocycles. The summed E-state index contributed by atoms with van der Waals surface area (Å²) in [5, 5.41) is 3.45. The molecule has 0 radical (unpaired) electrons. The highest BCUT2D eigenvalue weighted by Gasteiger charge is 2.13. The molecule has 1 heterocycles. The number of aryl methyl sites for hydroxylation is 1. The second-order valence-corrected chi connectivity index (χ2v) is 6.32. The van der Waals surface area contributed by atoms with Gasteiger partial charge in [-0.25, -0.2) is 4.39 Å². The van der Waals surface area contributed by atoms with Crippen molar-refractivity contribution in [1.82, 2.24) is 4.98 Å². The summed E-state index contributed by atoms with van der Waals surface area (Å²) in [6, 6.07) is 13.6. The zero-order valence-corrected chi connectivity index (χ0v) is 15.9. The fourth-order valence-electron chi connectivity index (χ4n) is 2.66. The van der Waals surface area contributed by atoms with Crippen LogP contribution in [-0.2, 0) is 0 Å². The van der Waals surface area contributed by atoms with Crippen LogP contribution < -0.4 is 10.1 Å². The van der Waals surface area contributed by atoms with Crippen molar-refractivity contribution in [2.75, 3.05) is 11.9 Å². The van der Waals surface area contributed by atoms with E-state index in [2.05, 4.69) is 22.1 Å². The third kappa shape index (κ3) is 4.66. The van der Waals surface area contributed by atoms with E-state index in [9.17, 15) is 9.18 Å². The van der Waals surface area contributed by atoms with Crippen molar-refractivity contribution in [3.8, 4) is 17.6 Å². The minimum Gasteiger partial charge on any atom is -0.478 e. The Kier molecular flexibility index (Phi) is 6.23. The van der Waals surface area contributed by atoms with Gasteiger partial charge >= 0.3 is 0 Å².